The second-order valence-corrected chi connectivity index (χ2v) is 4.42. The molecule has 2 rings (SSSR count). The van der Waals surface area contributed by atoms with Crippen LogP contribution in [0.2, 0.25) is 0 Å². The third kappa shape index (κ3) is 2.55. The van der Waals surface area contributed by atoms with E-state index in [0.29, 0.717) is 11.4 Å². The number of aryl methyl sites for hydroxylation is 1. The molecule has 0 aliphatic rings. The van der Waals surface area contributed by atoms with E-state index in [1.165, 1.54) is 23.9 Å². The van der Waals surface area contributed by atoms with Crippen molar-refractivity contribution in [2.24, 2.45) is 0 Å². The molecule has 0 saturated carbocycles. The fraction of sp³-hybridized carbons (Fsp3) is 0.182. The van der Waals surface area contributed by atoms with Gasteiger partial charge in [0.05, 0.1) is 11.4 Å². The Morgan fingerprint density at radius 1 is 1.44 bits per heavy atom. The van der Waals surface area contributed by atoms with Crippen molar-refractivity contribution in [2.75, 3.05) is 5.73 Å². The zero-order chi connectivity index (χ0) is 11.5. The number of nitrogen functional groups attached to an aromatic ring is 1. The summed E-state index contributed by atoms with van der Waals surface area (Å²) in [6, 6.07) is 6.24. The van der Waals surface area contributed by atoms with Crippen LogP contribution < -0.4 is 5.73 Å². The van der Waals surface area contributed by atoms with Crippen LogP contribution >= 0.6 is 11.8 Å². The van der Waals surface area contributed by atoms with Crippen LogP contribution in [0.1, 0.15) is 11.5 Å². The Labute approximate surface area is 96.8 Å². The number of hydrogen-bond donors (Lipinski definition) is 1. The maximum atomic E-state index is 12.8. The van der Waals surface area contributed by atoms with Crippen molar-refractivity contribution in [3.8, 4) is 0 Å². The van der Waals surface area contributed by atoms with Crippen LogP contribution in [0.15, 0.2) is 33.7 Å². The van der Waals surface area contributed by atoms with Gasteiger partial charge in [-0.25, -0.2) is 4.39 Å². The Morgan fingerprint density at radius 3 is 2.88 bits per heavy atom. The van der Waals surface area contributed by atoms with E-state index >= 15 is 0 Å². The second-order valence-electron chi connectivity index (χ2n) is 3.41. The Morgan fingerprint density at radius 2 is 2.25 bits per heavy atom. The third-order valence-corrected chi connectivity index (χ3v) is 3.13. The molecule has 0 spiro atoms. The van der Waals surface area contributed by atoms with Crippen molar-refractivity contribution in [1.29, 1.82) is 0 Å². The van der Waals surface area contributed by atoms with Gasteiger partial charge in [0.2, 0.25) is 0 Å². The summed E-state index contributed by atoms with van der Waals surface area (Å²) in [4.78, 5) is 0.843. The maximum Gasteiger partial charge on any atom is 0.147 e. The quantitative estimate of drug-likeness (QED) is 0.659. The van der Waals surface area contributed by atoms with Gasteiger partial charge in [0.15, 0.2) is 0 Å². The van der Waals surface area contributed by atoms with Crippen molar-refractivity contribution in [2.45, 2.75) is 17.6 Å². The van der Waals surface area contributed by atoms with Gasteiger partial charge in [-0.2, -0.15) is 0 Å². The molecule has 0 bridgehead atoms. The number of halogens is 1. The van der Waals surface area contributed by atoms with Gasteiger partial charge in [-0.05, 0) is 25.1 Å². The van der Waals surface area contributed by atoms with Gasteiger partial charge in [-0.3, -0.25) is 0 Å². The molecule has 2 N–H and O–H groups in total. The lowest BCUT2D eigenvalue weighted by Gasteiger charge is -2.03. The number of aromatic nitrogens is 1. The van der Waals surface area contributed by atoms with Crippen molar-refractivity contribution >= 4 is 17.4 Å². The molecule has 84 valence electrons. The van der Waals surface area contributed by atoms with Crippen LogP contribution in [0.5, 0.6) is 0 Å². The monoisotopic (exact) mass is 238 g/mol. The number of rotatable bonds is 3. The SMILES string of the molecule is Cc1cc(CSc2ccc(F)cc2N)on1. The highest BCUT2D eigenvalue weighted by atomic mass is 32.2. The summed E-state index contributed by atoms with van der Waals surface area (Å²) >= 11 is 1.50. The molecule has 0 unspecified atom stereocenters. The molecule has 0 saturated heterocycles. The van der Waals surface area contributed by atoms with E-state index in [0.717, 1.165) is 16.3 Å². The van der Waals surface area contributed by atoms with Gasteiger partial charge in [0, 0.05) is 16.6 Å². The normalized spacial score (nSPS) is 10.6. The summed E-state index contributed by atoms with van der Waals surface area (Å²) in [5.74, 6) is 1.10. The number of benzene rings is 1. The van der Waals surface area contributed by atoms with E-state index in [-0.39, 0.29) is 5.82 Å². The lowest BCUT2D eigenvalue weighted by atomic mass is 10.3. The van der Waals surface area contributed by atoms with Crippen LogP contribution in [0.3, 0.4) is 0 Å². The molecule has 16 heavy (non-hydrogen) atoms. The van der Waals surface area contributed by atoms with E-state index in [4.69, 9.17) is 10.3 Å². The van der Waals surface area contributed by atoms with E-state index in [9.17, 15) is 4.39 Å². The summed E-state index contributed by atoms with van der Waals surface area (Å²) in [5, 5.41) is 3.79. The lowest BCUT2D eigenvalue weighted by Crippen LogP contribution is -1.90. The van der Waals surface area contributed by atoms with Crippen LogP contribution in [0.4, 0.5) is 10.1 Å². The molecule has 1 aromatic heterocycles. The highest BCUT2D eigenvalue weighted by molar-refractivity contribution is 7.98. The number of hydrogen-bond acceptors (Lipinski definition) is 4. The highest BCUT2D eigenvalue weighted by Gasteiger charge is 2.05. The standard InChI is InChI=1S/C11H11FN2OS/c1-7-4-9(15-14-7)6-16-11-3-2-8(12)5-10(11)13/h2-5H,6,13H2,1H3. The molecular weight excluding hydrogens is 227 g/mol. The Bertz CT molecular complexity index is 498. The lowest BCUT2D eigenvalue weighted by molar-refractivity contribution is 0.391. The van der Waals surface area contributed by atoms with Crippen molar-refractivity contribution in [3.63, 3.8) is 0 Å². The van der Waals surface area contributed by atoms with Crippen molar-refractivity contribution in [3.05, 3.63) is 41.5 Å². The average Bonchev–Trinajstić information content (AvgIpc) is 2.63. The minimum atomic E-state index is -0.322. The van der Waals surface area contributed by atoms with Gasteiger partial charge in [-0.15, -0.1) is 11.8 Å². The maximum absolute atomic E-state index is 12.8. The Balaban J connectivity index is 2.04. The number of nitrogens with two attached hydrogens (primary N) is 1. The van der Waals surface area contributed by atoms with Crippen molar-refractivity contribution in [1.82, 2.24) is 5.16 Å². The predicted molar refractivity (Wildman–Crippen MR) is 61.6 cm³/mol. The zero-order valence-corrected chi connectivity index (χ0v) is 9.55. The highest BCUT2D eigenvalue weighted by Crippen LogP contribution is 2.28. The molecule has 0 aliphatic heterocycles. The first kappa shape index (κ1) is 11.0. The van der Waals surface area contributed by atoms with Gasteiger partial charge in [0.1, 0.15) is 11.6 Å². The van der Waals surface area contributed by atoms with Gasteiger partial charge >= 0.3 is 0 Å². The minimum absolute atomic E-state index is 0.322. The van der Waals surface area contributed by atoms with Crippen LogP contribution in [0.25, 0.3) is 0 Å². The molecule has 0 aliphatic carbocycles. The van der Waals surface area contributed by atoms with E-state index in [2.05, 4.69) is 5.16 Å². The molecule has 5 heteroatoms. The number of thioether (sulfide) groups is 1. The molecule has 0 atom stereocenters. The van der Waals surface area contributed by atoms with Crippen LogP contribution in [-0.4, -0.2) is 5.16 Å². The number of anilines is 1. The van der Waals surface area contributed by atoms with Crippen LogP contribution in [0, 0.1) is 12.7 Å². The largest absolute Gasteiger partial charge is 0.398 e. The van der Waals surface area contributed by atoms with Gasteiger partial charge < -0.3 is 10.3 Å². The van der Waals surface area contributed by atoms with E-state index in [1.807, 2.05) is 13.0 Å². The summed E-state index contributed by atoms with van der Waals surface area (Å²) in [5.41, 5.74) is 6.98. The first-order valence-corrected chi connectivity index (χ1v) is 5.74. The third-order valence-electron chi connectivity index (χ3n) is 2.02. The predicted octanol–water partition coefficient (Wildman–Crippen LogP) is 3.00. The summed E-state index contributed by atoms with van der Waals surface area (Å²) in [6.07, 6.45) is 0. The van der Waals surface area contributed by atoms with Gasteiger partial charge in [0.25, 0.3) is 0 Å². The first-order chi connectivity index (χ1) is 7.65. The number of nitrogens with zero attached hydrogens (tertiary/aromatic N) is 1. The molecule has 1 aromatic carbocycles. The smallest absolute Gasteiger partial charge is 0.147 e. The Hall–Kier alpha value is -1.49. The molecule has 3 nitrogen and oxygen atoms in total. The molecule has 0 amide bonds. The Kier molecular flexibility index (Phi) is 3.14. The average molecular weight is 238 g/mol. The molecule has 0 fully saturated rings. The molecule has 0 radical (unpaired) electrons. The molecular formula is C11H11FN2OS. The first-order valence-electron chi connectivity index (χ1n) is 4.75. The second kappa shape index (κ2) is 4.57. The van der Waals surface area contributed by atoms with E-state index in [1.54, 1.807) is 6.07 Å². The summed E-state index contributed by atoms with van der Waals surface area (Å²) < 4.78 is 17.9. The minimum Gasteiger partial charge on any atom is -0.398 e. The molecule has 1 heterocycles. The summed E-state index contributed by atoms with van der Waals surface area (Å²) in [6.45, 7) is 1.87. The fourth-order valence-corrected chi connectivity index (χ4v) is 2.11. The van der Waals surface area contributed by atoms with Crippen molar-refractivity contribution < 1.29 is 8.91 Å². The topological polar surface area (TPSA) is 52.0 Å². The molecule has 2 aromatic rings. The zero-order valence-electron chi connectivity index (χ0n) is 8.74. The summed E-state index contributed by atoms with van der Waals surface area (Å²) in [7, 11) is 0. The fourth-order valence-electron chi connectivity index (χ4n) is 1.28. The van der Waals surface area contributed by atoms with Gasteiger partial charge in [-0.1, -0.05) is 5.16 Å². The van der Waals surface area contributed by atoms with E-state index < -0.39 is 0 Å². The van der Waals surface area contributed by atoms with Crippen LogP contribution in [-0.2, 0) is 5.75 Å².